The van der Waals surface area contributed by atoms with Gasteiger partial charge in [0.15, 0.2) is 35.4 Å². The van der Waals surface area contributed by atoms with Crippen LogP contribution < -0.4 is 9.47 Å². The summed E-state index contributed by atoms with van der Waals surface area (Å²) in [6.45, 7) is -0.675. The van der Waals surface area contributed by atoms with Crippen molar-refractivity contribution in [3.63, 3.8) is 0 Å². The fourth-order valence-corrected chi connectivity index (χ4v) is 4.46. The number of carbonyl (C=O) groups excluding carboxylic acids is 2. The highest BCUT2D eigenvalue weighted by molar-refractivity contribution is 5.97. The molecule has 16 nitrogen and oxygen atoms in total. The lowest BCUT2D eigenvalue weighted by Gasteiger charge is -2.42. The van der Waals surface area contributed by atoms with Crippen molar-refractivity contribution >= 4 is 11.8 Å². The average molecular weight is 613 g/mol. The summed E-state index contributed by atoms with van der Waals surface area (Å²) >= 11 is 0. The molecule has 2 aromatic rings. The lowest BCUT2D eigenvalue weighted by molar-refractivity contribution is -0.288. The third-order valence-electron chi connectivity index (χ3n) is 7.00. The number of aliphatic hydroxyl groups excluding tert-OH is 4. The Morgan fingerprint density at radius 2 is 1.70 bits per heavy atom. The third-order valence-corrected chi connectivity index (χ3v) is 7.00. The Morgan fingerprint density at radius 1 is 1.02 bits per heavy atom. The van der Waals surface area contributed by atoms with Gasteiger partial charge in [0.25, 0.3) is 0 Å². The predicted molar refractivity (Wildman–Crippen MR) is 139 cm³/mol. The zero-order chi connectivity index (χ0) is 31.6. The number of phenols is 3. The number of aliphatic hydroxyl groups is 5. The first kappa shape index (κ1) is 32.2. The number of aromatic hydroxyl groups is 3. The molecule has 0 aromatic heterocycles. The van der Waals surface area contributed by atoms with Crippen molar-refractivity contribution in [1.29, 1.82) is 0 Å². The summed E-state index contributed by atoms with van der Waals surface area (Å²) < 4.78 is 32.8. The number of ketones is 1. The van der Waals surface area contributed by atoms with Crippen LogP contribution in [-0.4, -0.2) is 128 Å². The maximum atomic E-state index is 12.9. The van der Waals surface area contributed by atoms with E-state index in [2.05, 4.69) is 0 Å². The summed E-state index contributed by atoms with van der Waals surface area (Å²) in [5.74, 6) is -3.99. The quantitative estimate of drug-likeness (QED) is 0.0865. The second-order valence-corrected chi connectivity index (χ2v) is 10.0. The summed E-state index contributed by atoms with van der Waals surface area (Å²) in [5, 5.41) is 81.0. The number of esters is 1. The highest BCUT2D eigenvalue weighted by Crippen LogP contribution is 2.37. The number of rotatable bonds is 10. The van der Waals surface area contributed by atoms with Gasteiger partial charge in [-0.05, 0) is 31.2 Å². The molecule has 2 heterocycles. The number of phenolic OH excluding ortho intramolecular Hbond substituents is 3. The van der Waals surface area contributed by atoms with Gasteiger partial charge < -0.3 is 69.3 Å². The van der Waals surface area contributed by atoms with Crippen molar-refractivity contribution in [1.82, 2.24) is 0 Å². The lowest BCUT2D eigenvalue weighted by Crippen LogP contribution is -2.61. The molecule has 43 heavy (non-hydrogen) atoms. The first-order chi connectivity index (χ1) is 20.3. The lowest BCUT2D eigenvalue weighted by atomic mass is 9.98. The molecule has 2 saturated heterocycles. The van der Waals surface area contributed by atoms with Crippen molar-refractivity contribution in [2.45, 2.75) is 55.6 Å². The van der Waals surface area contributed by atoms with Crippen LogP contribution in [0.15, 0.2) is 30.3 Å². The van der Waals surface area contributed by atoms with Gasteiger partial charge in [-0.15, -0.1) is 0 Å². The number of hydrogen-bond acceptors (Lipinski definition) is 16. The molecular weight excluding hydrogens is 580 g/mol. The molecule has 2 aliphatic rings. The first-order valence-electron chi connectivity index (χ1n) is 12.9. The third kappa shape index (κ3) is 6.61. The number of methoxy groups -OCH3 is 1. The molecule has 2 aromatic carbocycles. The van der Waals surface area contributed by atoms with E-state index in [1.54, 1.807) is 0 Å². The summed E-state index contributed by atoms with van der Waals surface area (Å²) in [5.41, 5.74) is -2.38. The van der Waals surface area contributed by atoms with Crippen molar-refractivity contribution in [2.75, 3.05) is 26.9 Å². The van der Waals surface area contributed by atoms with Crippen LogP contribution >= 0.6 is 0 Å². The van der Waals surface area contributed by atoms with Crippen LogP contribution in [0.2, 0.25) is 0 Å². The Hall–Kier alpha value is -3.74. The Morgan fingerprint density at radius 3 is 2.28 bits per heavy atom. The number of Topliss-reactive ketones (excluding diaryl/α,β-unsaturated/α-hetero) is 1. The van der Waals surface area contributed by atoms with Crippen LogP contribution in [0.5, 0.6) is 28.7 Å². The maximum absolute atomic E-state index is 12.9. The Kier molecular flexibility index (Phi) is 9.63. The summed E-state index contributed by atoms with van der Waals surface area (Å²) in [7, 11) is 1.37. The molecule has 16 heteroatoms. The van der Waals surface area contributed by atoms with Gasteiger partial charge in [0.1, 0.15) is 41.5 Å². The van der Waals surface area contributed by atoms with E-state index in [0.29, 0.717) is 5.75 Å². The zero-order valence-electron chi connectivity index (χ0n) is 22.9. The normalized spacial score (nSPS) is 30.5. The minimum Gasteiger partial charge on any atom is -0.504 e. The fraction of sp³-hybridized carbons (Fsp3) is 0.481. The van der Waals surface area contributed by atoms with Gasteiger partial charge in [0.05, 0.1) is 38.1 Å². The van der Waals surface area contributed by atoms with Gasteiger partial charge in [-0.2, -0.15) is 0 Å². The molecule has 4 rings (SSSR count). The maximum Gasteiger partial charge on any atom is 0.338 e. The number of carbonyl (C=O) groups is 2. The number of ether oxygens (including phenoxy) is 6. The molecule has 0 spiro atoms. The molecule has 8 N–H and O–H groups in total. The van der Waals surface area contributed by atoms with Crippen LogP contribution in [-0.2, 0) is 18.9 Å². The molecular formula is C27H32O16. The van der Waals surface area contributed by atoms with Crippen LogP contribution in [0.4, 0.5) is 0 Å². The molecule has 2 aliphatic heterocycles. The molecule has 0 amide bonds. The number of hydrogen-bond donors (Lipinski definition) is 8. The van der Waals surface area contributed by atoms with Gasteiger partial charge in [-0.25, -0.2) is 4.79 Å². The standard InChI is InChI=1S/C27H32O16/c1-11(29)14-4-3-13(38-2)7-17(14)41-25-21(34)20(33)22(43-24(36)12-5-15(30)19(32)16(31)6-12)18(42-25)8-39-26-23(35)27(37,9-28)10-40-26/h3-7,18,20-23,25-26,28,30-35,37H,8-10H2,1-2H3/t18-,20-,21+,22-,23-,25-,26+,27+/m1/s1. The fourth-order valence-electron chi connectivity index (χ4n) is 4.46. The van der Waals surface area contributed by atoms with E-state index < -0.39 is 103 Å². The van der Waals surface area contributed by atoms with Crippen molar-refractivity contribution in [3.8, 4) is 28.7 Å². The average Bonchev–Trinajstić information content (AvgIpc) is 3.27. The summed E-state index contributed by atoms with van der Waals surface area (Å²) in [6, 6.07) is 5.83. The molecule has 0 saturated carbocycles. The monoisotopic (exact) mass is 612 g/mol. The predicted octanol–water partition coefficient (Wildman–Crippen LogP) is -1.48. The van der Waals surface area contributed by atoms with Gasteiger partial charge >= 0.3 is 5.97 Å². The minimum atomic E-state index is -2.02. The first-order valence-corrected chi connectivity index (χ1v) is 12.9. The van der Waals surface area contributed by atoms with E-state index in [1.165, 1.54) is 32.2 Å². The van der Waals surface area contributed by atoms with Crippen molar-refractivity contribution in [2.24, 2.45) is 0 Å². The molecule has 0 aliphatic carbocycles. The molecule has 0 bridgehead atoms. The molecule has 8 atom stereocenters. The molecule has 0 radical (unpaired) electrons. The number of benzene rings is 2. The second-order valence-electron chi connectivity index (χ2n) is 10.0. The van der Waals surface area contributed by atoms with Crippen LogP contribution in [0, 0.1) is 0 Å². The van der Waals surface area contributed by atoms with Crippen LogP contribution in [0.1, 0.15) is 27.6 Å². The Labute approximate surface area is 243 Å². The van der Waals surface area contributed by atoms with E-state index >= 15 is 0 Å². The van der Waals surface area contributed by atoms with Crippen LogP contribution in [0.25, 0.3) is 0 Å². The van der Waals surface area contributed by atoms with Gasteiger partial charge in [0, 0.05) is 6.07 Å². The van der Waals surface area contributed by atoms with Gasteiger partial charge in [-0.3, -0.25) is 4.79 Å². The van der Waals surface area contributed by atoms with E-state index in [9.17, 15) is 50.4 Å². The van der Waals surface area contributed by atoms with E-state index in [1.807, 2.05) is 0 Å². The van der Waals surface area contributed by atoms with Crippen LogP contribution in [0.3, 0.4) is 0 Å². The smallest absolute Gasteiger partial charge is 0.338 e. The van der Waals surface area contributed by atoms with Gasteiger partial charge in [-0.1, -0.05) is 0 Å². The minimum absolute atomic E-state index is 0.0733. The molecule has 2 fully saturated rings. The van der Waals surface area contributed by atoms with Crippen molar-refractivity contribution in [3.05, 3.63) is 41.5 Å². The Balaban J connectivity index is 1.60. The molecule has 236 valence electrons. The Bertz CT molecular complexity index is 1310. The summed E-state index contributed by atoms with van der Waals surface area (Å²) in [4.78, 5) is 25.1. The topological polar surface area (TPSA) is 251 Å². The van der Waals surface area contributed by atoms with E-state index in [4.69, 9.17) is 28.4 Å². The van der Waals surface area contributed by atoms with E-state index in [0.717, 1.165) is 12.1 Å². The van der Waals surface area contributed by atoms with Gasteiger partial charge in [0.2, 0.25) is 6.29 Å². The second kappa shape index (κ2) is 12.9. The molecule has 0 unspecified atom stereocenters. The van der Waals surface area contributed by atoms with E-state index in [-0.39, 0.29) is 11.3 Å². The van der Waals surface area contributed by atoms with Crippen molar-refractivity contribution < 1.29 is 78.9 Å². The largest absolute Gasteiger partial charge is 0.504 e. The highest BCUT2D eigenvalue weighted by atomic mass is 16.7. The highest BCUT2D eigenvalue weighted by Gasteiger charge is 2.51. The SMILES string of the molecule is COc1ccc(C(C)=O)c(O[C@@H]2O[C@H](CO[C@H]3OC[C@@](O)(CO)[C@@H]3O)[C@@H](OC(=O)c3cc(O)c(O)c(O)c3)[C@H](O)[C@@H]2O)c1. The zero-order valence-corrected chi connectivity index (χ0v) is 22.9. The summed E-state index contributed by atoms with van der Waals surface area (Å²) in [6.07, 6.45) is -11.9.